The number of nitrogens with one attached hydrogen (secondary N) is 1. The molecule has 0 radical (unpaired) electrons. The molecule has 0 fully saturated rings. The molecular formula is C13H8Br2Cl2FN. The molecule has 0 unspecified atom stereocenters. The van der Waals surface area contributed by atoms with Crippen LogP contribution in [0.3, 0.4) is 0 Å². The highest BCUT2D eigenvalue weighted by atomic mass is 79.9. The number of halogens is 5. The van der Waals surface area contributed by atoms with Gasteiger partial charge in [0.2, 0.25) is 0 Å². The van der Waals surface area contributed by atoms with Crippen molar-refractivity contribution in [3.05, 3.63) is 60.7 Å². The van der Waals surface area contributed by atoms with E-state index in [2.05, 4.69) is 37.2 Å². The minimum Gasteiger partial charge on any atom is -0.379 e. The predicted octanol–water partition coefficient (Wildman–Crippen LogP) is 6.27. The maximum atomic E-state index is 13.4. The van der Waals surface area contributed by atoms with Gasteiger partial charge in [-0.3, -0.25) is 0 Å². The molecule has 0 saturated heterocycles. The maximum absolute atomic E-state index is 13.4. The molecule has 1 nitrogen and oxygen atoms in total. The van der Waals surface area contributed by atoms with E-state index in [0.717, 1.165) is 10.0 Å². The molecule has 2 aromatic carbocycles. The van der Waals surface area contributed by atoms with Crippen LogP contribution in [0, 0.1) is 5.82 Å². The lowest BCUT2D eigenvalue weighted by Crippen LogP contribution is -2.02. The van der Waals surface area contributed by atoms with Crippen LogP contribution in [0.25, 0.3) is 0 Å². The first-order chi connectivity index (χ1) is 8.99. The summed E-state index contributed by atoms with van der Waals surface area (Å²) in [4.78, 5) is 0. The molecule has 2 rings (SSSR count). The molecule has 0 aromatic heterocycles. The van der Waals surface area contributed by atoms with E-state index in [1.807, 2.05) is 6.07 Å². The third kappa shape index (κ3) is 3.63. The van der Waals surface area contributed by atoms with Crippen molar-refractivity contribution in [1.82, 2.24) is 0 Å². The summed E-state index contributed by atoms with van der Waals surface area (Å²) in [5.74, 6) is -0.299. The summed E-state index contributed by atoms with van der Waals surface area (Å²) < 4.78 is 14.6. The fourth-order valence-electron chi connectivity index (χ4n) is 1.58. The Balaban J connectivity index is 2.22. The quantitative estimate of drug-likeness (QED) is 0.608. The van der Waals surface area contributed by atoms with Gasteiger partial charge in [-0.2, -0.15) is 0 Å². The number of rotatable bonds is 3. The van der Waals surface area contributed by atoms with Gasteiger partial charge >= 0.3 is 0 Å². The molecule has 0 bridgehead atoms. The third-order valence-electron chi connectivity index (χ3n) is 2.49. The van der Waals surface area contributed by atoms with Crippen molar-refractivity contribution in [1.29, 1.82) is 0 Å². The zero-order valence-electron chi connectivity index (χ0n) is 9.48. The van der Waals surface area contributed by atoms with E-state index < -0.39 is 0 Å². The van der Waals surface area contributed by atoms with Crippen molar-refractivity contribution >= 4 is 60.7 Å². The van der Waals surface area contributed by atoms with Gasteiger partial charge in [-0.15, -0.1) is 0 Å². The van der Waals surface area contributed by atoms with Crippen LogP contribution in [0.2, 0.25) is 10.0 Å². The molecule has 6 heteroatoms. The van der Waals surface area contributed by atoms with E-state index >= 15 is 0 Å². The lowest BCUT2D eigenvalue weighted by atomic mass is 10.2. The van der Waals surface area contributed by atoms with Gasteiger partial charge in [0.15, 0.2) is 0 Å². The molecule has 0 amide bonds. The van der Waals surface area contributed by atoms with Crippen molar-refractivity contribution in [2.45, 2.75) is 6.54 Å². The summed E-state index contributed by atoms with van der Waals surface area (Å²) in [6.45, 7) is 0.416. The Morgan fingerprint density at radius 2 is 1.74 bits per heavy atom. The largest absolute Gasteiger partial charge is 0.379 e. The molecule has 0 aliphatic rings. The van der Waals surface area contributed by atoms with E-state index in [1.54, 1.807) is 18.2 Å². The third-order valence-corrected chi connectivity index (χ3v) is 4.44. The first kappa shape index (κ1) is 15.1. The zero-order chi connectivity index (χ0) is 14.0. The molecule has 0 saturated carbocycles. The monoisotopic (exact) mass is 425 g/mol. The molecule has 0 spiro atoms. The topological polar surface area (TPSA) is 12.0 Å². The minimum atomic E-state index is -0.299. The summed E-state index contributed by atoms with van der Waals surface area (Å²) in [5, 5.41) is 4.12. The van der Waals surface area contributed by atoms with Crippen LogP contribution in [0.4, 0.5) is 10.1 Å². The maximum Gasteiger partial charge on any atom is 0.137 e. The predicted molar refractivity (Wildman–Crippen MR) is 85.6 cm³/mol. The van der Waals surface area contributed by atoms with Gasteiger partial charge in [0.1, 0.15) is 5.82 Å². The minimum absolute atomic E-state index is 0.299. The standard InChI is InChI=1S/C13H8Br2Cl2FN/c14-8-4-9(16)13(10(17)5-8)19-6-7-2-1-3-11(18)12(7)15/h1-5,19H,6H2. The number of benzene rings is 2. The normalized spacial score (nSPS) is 10.6. The highest BCUT2D eigenvalue weighted by molar-refractivity contribution is 9.10. The van der Waals surface area contributed by atoms with Crippen molar-refractivity contribution in [3.63, 3.8) is 0 Å². The lowest BCUT2D eigenvalue weighted by Gasteiger charge is -2.12. The van der Waals surface area contributed by atoms with Crippen LogP contribution < -0.4 is 5.32 Å². The van der Waals surface area contributed by atoms with Gasteiger partial charge in [0, 0.05) is 11.0 Å². The average Bonchev–Trinajstić information content (AvgIpc) is 2.33. The average molecular weight is 428 g/mol. The molecule has 0 heterocycles. The van der Waals surface area contributed by atoms with Gasteiger partial charge < -0.3 is 5.32 Å². The second-order valence-corrected chi connectivity index (χ2v) is 6.33. The van der Waals surface area contributed by atoms with Gasteiger partial charge in [-0.25, -0.2) is 4.39 Å². The molecule has 100 valence electrons. The summed E-state index contributed by atoms with van der Waals surface area (Å²) in [6.07, 6.45) is 0. The second-order valence-electron chi connectivity index (χ2n) is 3.81. The molecular weight excluding hydrogens is 420 g/mol. The Morgan fingerprint density at radius 1 is 1.11 bits per heavy atom. The fraction of sp³-hybridized carbons (Fsp3) is 0.0769. The zero-order valence-corrected chi connectivity index (χ0v) is 14.2. The molecule has 1 N–H and O–H groups in total. The van der Waals surface area contributed by atoms with Crippen molar-refractivity contribution in [2.24, 2.45) is 0 Å². The Bertz CT molecular complexity index is 597. The van der Waals surface area contributed by atoms with Gasteiger partial charge in [-0.05, 0) is 39.7 Å². The molecule has 0 atom stereocenters. The number of anilines is 1. The smallest absolute Gasteiger partial charge is 0.137 e. The Hall–Kier alpha value is -0.290. The first-order valence-electron chi connectivity index (χ1n) is 5.30. The first-order valence-corrected chi connectivity index (χ1v) is 7.64. The Labute approximate surface area is 137 Å². The fourth-order valence-corrected chi connectivity index (χ4v) is 3.33. The Morgan fingerprint density at radius 3 is 2.37 bits per heavy atom. The SMILES string of the molecule is Fc1cccc(CNc2c(Cl)cc(Br)cc2Cl)c1Br. The number of hydrogen-bond donors (Lipinski definition) is 1. The van der Waals surface area contributed by atoms with Crippen LogP contribution in [-0.4, -0.2) is 0 Å². The van der Waals surface area contributed by atoms with Gasteiger partial charge in [0.25, 0.3) is 0 Å². The van der Waals surface area contributed by atoms with E-state index in [9.17, 15) is 4.39 Å². The van der Waals surface area contributed by atoms with E-state index in [-0.39, 0.29) is 5.82 Å². The summed E-state index contributed by atoms with van der Waals surface area (Å²) >= 11 is 18.7. The van der Waals surface area contributed by atoms with Crippen LogP contribution in [0.5, 0.6) is 0 Å². The summed E-state index contributed by atoms with van der Waals surface area (Å²) in [5.41, 5.74) is 1.41. The van der Waals surface area contributed by atoms with Crippen molar-refractivity contribution < 1.29 is 4.39 Å². The van der Waals surface area contributed by atoms with Crippen LogP contribution in [-0.2, 0) is 6.54 Å². The van der Waals surface area contributed by atoms with E-state index in [0.29, 0.717) is 26.8 Å². The molecule has 0 aliphatic carbocycles. The van der Waals surface area contributed by atoms with E-state index in [1.165, 1.54) is 6.07 Å². The van der Waals surface area contributed by atoms with Crippen molar-refractivity contribution in [3.8, 4) is 0 Å². The second kappa shape index (κ2) is 6.44. The summed E-state index contributed by atoms with van der Waals surface area (Å²) in [6, 6.07) is 8.36. The number of hydrogen-bond acceptors (Lipinski definition) is 1. The highest BCUT2D eigenvalue weighted by Gasteiger charge is 2.09. The van der Waals surface area contributed by atoms with Crippen molar-refractivity contribution in [2.75, 3.05) is 5.32 Å². The van der Waals surface area contributed by atoms with Crippen LogP contribution >= 0.6 is 55.1 Å². The highest BCUT2D eigenvalue weighted by Crippen LogP contribution is 2.34. The van der Waals surface area contributed by atoms with Gasteiger partial charge in [0.05, 0.1) is 20.2 Å². The van der Waals surface area contributed by atoms with Gasteiger partial charge in [-0.1, -0.05) is 51.3 Å². The summed E-state index contributed by atoms with van der Waals surface area (Å²) in [7, 11) is 0. The van der Waals surface area contributed by atoms with Crippen LogP contribution in [0.15, 0.2) is 39.3 Å². The molecule has 2 aromatic rings. The molecule has 0 aliphatic heterocycles. The van der Waals surface area contributed by atoms with Crippen LogP contribution in [0.1, 0.15) is 5.56 Å². The van der Waals surface area contributed by atoms with E-state index in [4.69, 9.17) is 23.2 Å². The Kier molecular flexibility index (Phi) is 5.12. The lowest BCUT2D eigenvalue weighted by molar-refractivity contribution is 0.618. The molecule has 19 heavy (non-hydrogen) atoms.